The number of aromatic nitrogens is 2. The Bertz CT molecular complexity index is 1210. The highest BCUT2D eigenvalue weighted by Crippen LogP contribution is 2.33. The van der Waals surface area contributed by atoms with Crippen molar-refractivity contribution in [3.05, 3.63) is 88.3 Å². The molecule has 0 saturated carbocycles. The second-order valence-corrected chi connectivity index (χ2v) is 7.70. The predicted molar refractivity (Wildman–Crippen MR) is 114 cm³/mol. The van der Waals surface area contributed by atoms with Crippen molar-refractivity contribution in [2.75, 3.05) is 6.79 Å². The van der Waals surface area contributed by atoms with Gasteiger partial charge in [-0.1, -0.05) is 35.9 Å². The van der Waals surface area contributed by atoms with E-state index in [1.54, 1.807) is 23.7 Å². The first kappa shape index (κ1) is 17.7. The van der Waals surface area contributed by atoms with Crippen molar-refractivity contribution in [3.8, 4) is 22.8 Å². The Labute approximate surface area is 172 Å². The second kappa shape index (κ2) is 7.56. The molecule has 2 aromatic heterocycles. The highest BCUT2D eigenvalue weighted by Gasteiger charge is 2.15. The van der Waals surface area contributed by atoms with Crippen LogP contribution in [0.2, 0.25) is 0 Å². The molecule has 1 aliphatic rings. The molecule has 0 unspecified atom stereocenters. The van der Waals surface area contributed by atoms with Crippen LogP contribution in [0.1, 0.15) is 11.1 Å². The zero-order valence-corrected chi connectivity index (χ0v) is 16.7. The van der Waals surface area contributed by atoms with Crippen molar-refractivity contribution in [2.45, 2.75) is 13.5 Å². The smallest absolute Gasteiger partial charge is 0.231 e. The van der Waals surface area contributed by atoms with E-state index in [4.69, 9.17) is 14.5 Å². The van der Waals surface area contributed by atoms with Gasteiger partial charge in [-0.25, -0.2) is 4.99 Å². The topological polar surface area (TPSA) is 48.6 Å². The molecule has 3 heterocycles. The summed E-state index contributed by atoms with van der Waals surface area (Å²) in [6.45, 7) is 3.06. The quantitative estimate of drug-likeness (QED) is 0.487. The van der Waals surface area contributed by atoms with Gasteiger partial charge >= 0.3 is 0 Å². The third-order valence-electron chi connectivity index (χ3n) is 4.79. The third kappa shape index (κ3) is 3.67. The molecular formula is C23H19N3O2S. The number of rotatable bonds is 4. The molecule has 0 saturated heterocycles. The van der Waals surface area contributed by atoms with Crippen molar-refractivity contribution >= 4 is 17.0 Å². The largest absolute Gasteiger partial charge is 0.454 e. The Morgan fingerprint density at radius 1 is 1.07 bits per heavy atom. The predicted octanol–water partition coefficient (Wildman–Crippen LogP) is 4.93. The molecule has 1 aliphatic heterocycles. The summed E-state index contributed by atoms with van der Waals surface area (Å²) in [5, 5.41) is 2.16. The molecule has 0 aliphatic carbocycles. The maximum Gasteiger partial charge on any atom is 0.231 e. The summed E-state index contributed by atoms with van der Waals surface area (Å²) in [6, 6.07) is 18.5. The van der Waals surface area contributed by atoms with E-state index in [1.165, 1.54) is 11.1 Å². The van der Waals surface area contributed by atoms with Gasteiger partial charge in [0.1, 0.15) is 0 Å². The summed E-state index contributed by atoms with van der Waals surface area (Å²) in [4.78, 5) is 9.94. The molecule has 0 spiro atoms. The minimum absolute atomic E-state index is 0.278. The summed E-state index contributed by atoms with van der Waals surface area (Å²) in [6.07, 6.45) is 3.53. The van der Waals surface area contributed by atoms with Crippen molar-refractivity contribution in [3.63, 3.8) is 0 Å². The Morgan fingerprint density at radius 2 is 1.93 bits per heavy atom. The molecule has 0 radical (unpaired) electrons. The lowest BCUT2D eigenvalue weighted by atomic mass is 10.1. The third-order valence-corrected chi connectivity index (χ3v) is 5.66. The molecule has 0 atom stereocenters. The van der Waals surface area contributed by atoms with Gasteiger partial charge < -0.3 is 14.0 Å². The molecule has 5 rings (SSSR count). The van der Waals surface area contributed by atoms with Crippen molar-refractivity contribution in [2.24, 2.45) is 4.99 Å². The number of hydrogen-bond acceptors (Lipinski definition) is 5. The Hall–Kier alpha value is -3.38. The standard InChI is InChI=1S/C23H19N3O2S/c1-16-4-7-18(8-5-16)20-14-29-23(25-19-3-2-10-24-12-19)26(20)13-17-6-9-21-22(11-17)28-15-27-21/h2-12,14H,13,15H2,1H3. The van der Waals surface area contributed by atoms with Crippen LogP contribution in [0.5, 0.6) is 11.5 Å². The van der Waals surface area contributed by atoms with Gasteiger partial charge in [0.2, 0.25) is 6.79 Å². The highest BCUT2D eigenvalue weighted by atomic mass is 32.1. The van der Waals surface area contributed by atoms with Crippen LogP contribution in [0, 0.1) is 6.92 Å². The number of hydrogen-bond donors (Lipinski definition) is 0. The van der Waals surface area contributed by atoms with Gasteiger partial charge in [0.25, 0.3) is 0 Å². The lowest BCUT2D eigenvalue weighted by Gasteiger charge is -2.10. The molecule has 144 valence electrons. The fraction of sp³-hybridized carbons (Fsp3) is 0.130. The Balaban J connectivity index is 1.61. The van der Waals surface area contributed by atoms with Crippen LogP contribution in [0.15, 0.2) is 77.4 Å². The molecule has 0 bridgehead atoms. The van der Waals surface area contributed by atoms with Crippen LogP contribution in [0.4, 0.5) is 5.69 Å². The van der Waals surface area contributed by atoms with E-state index in [0.29, 0.717) is 6.54 Å². The summed E-state index contributed by atoms with van der Waals surface area (Å²) in [7, 11) is 0. The molecule has 0 amide bonds. The molecule has 5 nitrogen and oxygen atoms in total. The molecule has 4 aromatic rings. The number of pyridine rings is 1. The summed E-state index contributed by atoms with van der Waals surface area (Å²) in [5.74, 6) is 1.59. The normalized spacial score (nSPS) is 13.1. The minimum atomic E-state index is 0.278. The SMILES string of the molecule is Cc1ccc(-c2csc(=Nc3cccnc3)n2Cc2ccc3c(c2)OCO3)cc1. The van der Waals surface area contributed by atoms with E-state index in [1.807, 2.05) is 24.3 Å². The number of ether oxygens (including phenoxy) is 2. The summed E-state index contributed by atoms with van der Waals surface area (Å²) in [5.41, 5.74) is 5.51. The fourth-order valence-corrected chi connectivity index (χ4v) is 4.21. The number of aryl methyl sites for hydroxylation is 1. The average Bonchev–Trinajstić information content (AvgIpc) is 3.37. The van der Waals surface area contributed by atoms with Gasteiger partial charge in [0, 0.05) is 11.6 Å². The van der Waals surface area contributed by atoms with Crippen molar-refractivity contribution in [1.29, 1.82) is 0 Å². The van der Waals surface area contributed by atoms with E-state index in [-0.39, 0.29) is 6.79 Å². The first-order chi connectivity index (χ1) is 14.3. The van der Waals surface area contributed by atoms with E-state index < -0.39 is 0 Å². The number of nitrogens with zero attached hydrogens (tertiary/aromatic N) is 3. The minimum Gasteiger partial charge on any atom is -0.454 e. The first-order valence-corrected chi connectivity index (χ1v) is 10.2. The van der Waals surface area contributed by atoms with Crippen LogP contribution < -0.4 is 14.3 Å². The molecular weight excluding hydrogens is 382 g/mol. The van der Waals surface area contributed by atoms with Crippen molar-refractivity contribution < 1.29 is 9.47 Å². The Kier molecular flexibility index (Phi) is 4.62. The van der Waals surface area contributed by atoms with Crippen LogP contribution in [0.25, 0.3) is 11.3 Å². The number of benzene rings is 2. The maximum absolute atomic E-state index is 5.55. The van der Waals surface area contributed by atoms with E-state index in [9.17, 15) is 0 Å². The van der Waals surface area contributed by atoms with E-state index >= 15 is 0 Å². The van der Waals surface area contributed by atoms with Crippen LogP contribution >= 0.6 is 11.3 Å². The fourth-order valence-electron chi connectivity index (χ4n) is 3.28. The van der Waals surface area contributed by atoms with Crippen molar-refractivity contribution in [1.82, 2.24) is 9.55 Å². The molecule has 0 fully saturated rings. The first-order valence-electron chi connectivity index (χ1n) is 9.35. The highest BCUT2D eigenvalue weighted by molar-refractivity contribution is 7.07. The van der Waals surface area contributed by atoms with E-state index in [2.05, 4.69) is 52.2 Å². The van der Waals surface area contributed by atoms with Gasteiger partial charge in [-0.05, 0) is 42.3 Å². The lowest BCUT2D eigenvalue weighted by Crippen LogP contribution is -2.16. The van der Waals surface area contributed by atoms with Gasteiger partial charge in [0.05, 0.1) is 24.1 Å². The maximum atomic E-state index is 5.55. The Morgan fingerprint density at radius 3 is 2.76 bits per heavy atom. The van der Waals surface area contributed by atoms with Crippen LogP contribution in [-0.2, 0) is 6.54 Å². The molecule has 0 N–H and O–H groups in total. The van der Waals surface area contributed by atoms with E-state index in [0.717, 1.165) is 33.2 Å². The van der Waals surface area contributed by atoms with Gasteiger partial charge in [0.15, 0.2) is 16.3 Å². The molecule has 2 aromatic carbocycles. The molecule has 6 heteroatoms. The van der Waals surface area contributed by atoms with Crippen LogP contribution in [-0.4, -0.2) is 16.3 Å². The zero-order chi connectivity index (χ0) is 19.6. The van der Waals surface area contributed by atoms with Gasteiger partial charge in [-0.2, -0.15) is 0 Å². The monoisotopic (exact) mass is 401 g/mol. The summed E-state index contributed by atoms with van der Waals surface area (Å²) >= 11 is 1.63. The second-order valence-electron chi connectivity index (χ2n) is 6.87. The zero-order valence-electron chi connectivity index (χ0n) is 15.9. The lowest BCUT2D eigenvalue weighted by molar-refractivity contribution is 0.174. The van der Waals surface area contributed by atoms with Gasteiger partial charge in [-0.15, -0.1) is 11.3 Å². The van der Waals surface area contributed by atoms with Crippen LogP contribution in [0.3, 0.4) is 0 Å². The number of fused-ring (bicyclic) bond motifs is 1. The summed E-state index contributed by atoms with van der Waals surface area (Å²) < 4.78 is 13.2. The molecule has 29 heavy (non-hydrogen) atoms. The average molecular weight is 401 g/mol. The van der Waals surface area contributed by atoms with Gasteiger partial charge in [-0.3, -0.25) is 4.98 Å². The number of thiazole rings is 1.